The fraction of sp³-hybridized carbons (Fsp3) is 0.378. The number of anilines is 4. The van der Waals surface area contributed by atoms with E-state index in [9.17, 15) is 19.2 Å². The normalized spacial score (nSPS) is 17.6. The summed E-state index contributed by atoms with van der Waals surface area (Å²) in [7, 11) is 7.12. The van der Waals surface area contributed by atoms with Crippen molar-refractivity contribution in [3.63, 3.8) is 0 Å². The predicted octanol–water partition coefficient (Wildman–Crippen LogP) is 3.61. The van der Waals surface area contributed by atoms with Crippen LogP contribution >= 0.6 is 11.6 Å². The summed E-state index contributed by atoms with van der Waals surface area (Å²) in [6.07, 6.45) is 4.40. The maximum absolute atomic E-state index is 12.8. The van der Waals surface area contributed by atoms with Crippen molar-refractivity contribution < 1.29 is 19.1 Å². The monoisotopic (exact) mass is 740 g/mol. The topological polar surface area (TPSA) is 169 Å². The smallest absolute Gasteiger partial charge is 0.293 e. The first-order valence-corrected chi connectivity index (χ1v) is 17.9. The van der Waals surface area contributed by atoms with Gasteiger partial charge in [-0.15, -0.1) is 0 Å². The molecule has 2 aliphatic heterocycles. The highest BCUT2D eigenvalue weighted by Crippen LogP contribution is 2.33. The van der Waals surface area contributed by atoms with Gasteiger partial charge in [0.25, 0.3) is 11.5 Å². The number of nitrogens with one attached hydrogen (secondary N) is 3. The van der Waals surface area contributed by atoms with Gasteiger partial charge in [0.1, 0.15) is 5.02 Å². The number of nitrogens with zero attached hydrogens (tertiary/aromatic N) is 7. The molecule has 5 aromatic rings. The summed E-state index contributed by atoms with van der Waals surface area (Å²) in [4.78, 5) is 62.6. The Labute approximate surface area is 310 Å². The van der Waals surface area contributed by atoms with E-state index in [0.29, 0.717) is 52.4 Å². The second-order valence-corrected chi connectivity index (χ2v) is 14.1. The molecule has 15 nitrogen and oxygen atoms in total. The summed E-state index contributed by atoms with van der Waals surface area (Å²) in [6, 6.07) is 13.3. The molecule has 53 heavy (non-hydrogen) atoms. The molecule has 3 amide bonds. The molecule has 16 heteroatoms. The van der Waals surface area contributed by atoms with Crippen molar-refractivity contribution in [1.82, 2.24) is 34.9 Å². The molecule has 0 spiro atoms. The van der Waals surface area contributed by atoms with Crippen LogP contribution in [0.4, 0.5) is 23.1 Å². The van der Waals surface area contributed by atoms with Gasteiger partial charge in [-0.2, -0.15) is 10.1 Å². The zero-order valence-electron chi connectivity index (χ0n) is 30.0. The number of carbonyl (C=O) groups excluding carboxylic acids is 3. The third-order valence-electron chi connectivity index (χ3n) is 10.0. The van der Waals surface area contributed by atoms with Gasteiger partial charge in [0.2, 0.25) is 17.8 Å². The second-order valence-electron chi connectivity index (χ2n) is 13.6. The van der Waals surface area contributed by atoms with Gasteiger partial charge >= 0.3 is 0 Å². The standard InChI is InChI=1S/C37H41ClN10O5/c1-39-32(50)20-53-30-15-22-14-23(7-11-28(22)46(3)36(30)52)41-34-27(38)17-40-37(43-34)48-13-5-6-21(19-48)18-45(2)24-8-9-25-29(16-24)47(4)44-33(25)26-10-12-31(49)42-35(26)51/h7-9,11,14-17,21,26H,5-6,10,12-13,18-20H2,1-4H3,(H,39,50)(H,40,41,43)(H,42,49,51). The fourth-order valence-electron chi connectivity index (χ4n) is 7.20. The van der Waals surface area contributed by atoms with E-state index >= 15 is 0 Å². The fourth-order valence-corrected chi connectivity index (χ4v) is 7.33. The highest BCUT2D eigenvalue weighted by atomic mass is 35.5. The minimum Gasteiger partial charge on any atom is -0.478 e. The van der Waals surface area contributed by atoms with E-state index in [-0.39, 0.29) is 35.6 Å². The van der Waals surface area contributed by atoms with Crippen molar-refractivity contribution in [2.24, 2.45) is 20.0 Å². The number of pyridine rings is 1. The zero-order chi connectivity index (χ0) is 37.4. The molecule has 0 aliphatic carbocycles. The lowest BCUT2D eigenvalue weighted by molar-refractivity contribution is -0.134. The number of fused-ring (bicyclic) bond motifs is 2. The number of halogens is 1. The molecule has 2 atom stereocenters. The van der Waals surface area contributed by atoms with Crippen LogP contribution in [0.5, 0.6) is 5.75 Å². The lowest BCUT2D eigenvalue weighted by Crippen LogP contribution is -2.41. The summed E-state index contributed by atoms with van der Waals surface area (Å²) < 4.78 is 8.79. The van der Waals surface area contributed by atoms with Crippen molar-refractivity contribution >= 4 is 74.3 Å². The SMILES string of the molecule is CNC(=O)COc1cc2cc(Nc3nc(N4CCCC(CN(C)c5ccc6c(C7CCC(=O)NC7=O)nn(C)c6c5)C4)ncc3Cl)ccc2n(C)c1=O. The molecule has 0 saturated carbocycles. The average molecular weight is 741 g/mol. The Morgan fingerprint density at radius 2 is 1.92 bits per heavy atom. The first kappa shape index (κ1) is 35.7. The van der Waals surface area contributed by atoms with E-state index < -0.39 is 5.92 Å². The number of rotatable bonds is 10. The van der Waals surface area contributed by atoms with E-state index in [1.807, 2.05) is 31.3 Å². The molecule has 2 aliphatic rings. The van der Waals surface area contributed by atoms with Crippen LogP contribution in [0.2, 0.25) is 5.02 Å². The van der Waals surface area contributed by atoms with Crippen molar-refractivity contribution in [3.05, 3.63) is 69.7 Å². The predicted molar refractivity (Wildman–Crippen MR) is 203 cm³/mol. The highest BCUT2D eigenvalue weighted by Gasteiger charge is 2.32. The van der Waals surface area contributed by atoms with Crippen molar-refractivity contribution in [2.75, 3.05) is 55.5 Å². The molecule has 3 N–H and O–H groups in total. The number of imide groups is 1. The summed E-state index contributed by atoms with van der Waals surface area (Å²) in [5, 5.41) is 14.9. The zero-order valence-corrected chi connectivity index (χ0v) is 30.7. The van der Waals surface area contributed by atoms with Gasteiger partial charge in [0.15, 0.2) is 18.2 Å². The van der Waals surface area contributed by atoms with Crippen LogP contribution in [0.25, 0.3) is 21.8 Å². The number of amides is 3. The number of hydrogen-bond donors (Lipinski definition) is 3. The Morgan fingerprint density at radius 1 is 1.09 bits per heavy atom. The van der Waals surface area contributed by atoms with Gasteiger partial charge in [-0.25, -0.2) is 4.98 Å². The number of piperidine rings is 2. The number of aryl methyl sites for hydroxylation is 2. The van der Waals surface area contributed by atoms with Gasteiger partial charge < -0.3 is 29.7 Å². The van der Waals surface area contributed by atoms with Gasteiger partial charge in [0, 0.05) is 76.4 Å². The maximum atomic E-state index is 12.8. The Kier molecular flexibility index (Phi) is 9.92. The van der Waals surface area contributed by atoms with Crippen LogP contribution in [0, 0.1) is 5.92 Å². The minimum absolute atomic E-state index is 0.0739. The van der Waals surface area contributed by atoms with Crippen LogP contribution in [0.1, 0.15) is 37.3 Å². The number of aromatic nitrogens is 5. The van der Waals surface area contributed by atoms with E-state index in [2.05, 4.69) is 55.0 Å². The summed E-state index contributed by atoms with van der Waals surface area (Å²) in [6.45, 7) is 2.13. The first-order chi connectivity index (χ1) is 25.5. The Bertz CT molecular complexity index is 2310. The van der Waals surface area contributed by atoms with Crippen LogP contribution in [0.3, 0.4) is 0 Å². The second kappa shape index (κ2) is 14.7. The summed E-state index contributed by atoms with van der Waals surface area (Å²) in [5.74, 6) is 0.139. The van der Waals surface area contributed by atoms with Crippen molar-refractivity contribution in [2.45, 2.75) is 31.6 Å². The minimum atomic E-state index is -0.446. The Balaban J connectivity index is 1.04. The molecule has 2 saturated heterocycles. The third kappa shape index (κ3) is 7.33. The molecule has 0 radical (unpaired) electrons. The highest BCUT2D eigenvalue weighted by molar-refractivity contribution is 6.33. The first-order valence-electron chi connectivity index (χ1n) is 17.5. The molecule has 3 aromatic heterocycles. The van der Waals surface area contributed by atoms with Crippen LogP contribution in [0.15, 0.2) is 53.5 Å². The number of ether oxygens (including phenoxy) is 1. The van der Waals surface area contributed by atoms with Crippen LogP contribution in [-0.4, -0.2) is 82.4 Å². The summed E-state index contributed by atoms with van der Waals surface area (Å²) >= 11 is 6.58. The lowest BCUT2D eigenvalue weighted by Gasteiger charge is -2.35. The van der Waals surface area contributed by atoms with Crippen molar-refractivity contribution in [3.8, 4) is 5.75 Å². The summed E-state index contributed by atoms with van der Waals surface area (Å²) in [5.41, 5.74) is 3.73. The molecular weight excluding hydrogens is 700 g/mol. The van der Waals surface area contributed by atoms with E-state index in [4.69, 9.17) is 21.3 Å². The molecule has 5 heterocycles. The van der Waals surface area contributed by atoms with Crippen LogP contribution in [-0.2, 0) is 28.5 Å². The van der Waals surface area contributed by atoms with Gasteiger partial charge in [-0.1, -0.05) is 11.6 Å². The number of likely N-dealkylation sites (N-methyl/N-ethyl adjacent to an activating group) is 1. The number of carbonyl (C=O) groups is 3. The van der Waals surface area contributed by atoms with Crippen LogP contribution < -0.4 is 36.0 Å². The Morgan fingerprint density at radius 3 is 2.72 bits per heavy atom. The average Bonchev–Trinajstić information content (AvgIpc) is 3.48. The molecule has 7 rings (SSSR count). The third-order valence-corrected chi connectivity index (χ3v) is 10.3. The molecule has 276 valence electrons. The van der Waals surface area contributed by atoms with Gasteiger partial charge in [0.05, 0.1) is 28.8 Å². The van der Waals surface area contributed by atoms with E-state index in [1.54, 1.807) is 24.0 Å². The molecule has 2 aromatic carbocycles. The van der Waals surface area contributed by atoms with E-state index in [0.717, 1.165) is 54.5 Å². The quantitative estimate of drug-likeness (QED) is 0.179. The Hall–Kier alpha value is -5.70. The molecule has 0 bridgehead atoms. The maximum Gasteiger partial charge on any atom is 0.293 e. The van der Waals surface area contributed by atoms with Gasteiger partial charge in [-0.05, 0) is 67.6 Å². The van der Waals surface area contributed by atoms with Crippen molar-refractivity contribution in [1.29, 1.82) is 0 Å². The molecule has 2 unspecified atom stereocenters. The van der Waals surface area contributed by atoms with Gasteiger partial charge in [-0.3, -0.25) is 29.2 Å². The van der Waals surface area contributed by atoms with E-state index in [1.165, 1.54) is 11.6 Å². The largest absolute Gasteiger partial charge is 0.478 e. The number of hydrogen-bond acceptors (Lipinski definition) is 11. The number of benzene rings is 2. The molecule has 2 fully saturated rings. The molecular formula is C37H41ClN10O5. The lowest BCUT2D eigenvalue weighted by atomic mass is 9.92.